The van der Waals surface area contributed by atoms with Gasteiger partial charge in [-0.15, -0.1) is 10.2 Å². The van der Waals surface area contributed by atoms with Crippen molar-refractivity contribution in [2.75, 3.05) is 11.9 Å². The first-order valence-corrected chi connectivity index (χ1v) is 8.60. The molecule has 0 radical (unpaired) electrons. The van der Waals surface area contributed by atoms with E-state index in [0.29, 0.717) is 18.0 Å². The Hall–Kier alpha value is -1.99. The molecule has 7 heteroatoms. The molecule has 124 valence electrons. The van der Waals surface area contributed by atoms with Crippen molar-refractivity contribution in [3.63, 3.8) is 0 Å². The Bertz CT molecular complexity index is 603. The van der Waals surface area contributed by atoms with Crippen LogP contribution in [0.2, 0.25) is 0 Å². The topological polar surface area (TPSA) is 87.1 Å². The molecule has 1 unspecified atom stereocenters. The minimum absolute atomic E-state index is 0.101. The fraction of sp³-hybridized carbons (Fsp3) is 0.438. The first kappa shape index (κ1) is 17.4. The molecule has 3 N–H and O–H groups in total. The molecule has 23 heavy (non-hydrogen) atoms. The van der Waals surface area contributed by atoms with E-state index >= 15 is 0 Å². The van der Waals surface area contributed by atoms with Gasteiger partial charge >= 0.3 is 6.03 Å². The summed E-state index contributed by atoms with van der Waals surface area (Å²) in [6, 6.07) is 9.27. The van der Waals surface area contributed by atoms with E-state index in [4.69, 9.17) is 5.11 Å². The summed E-state index contributed by atoms with van der Waals surface area (Å²) in [4.78, 5) is 12.2. The molecule has 0 aliphatic carbocycles. The highest BCUT2D eigenvalue weighted by atomic mass is 32.1. The first-order chi connectivity index (χ1) is 11.2. The molecule has 0 saturated carbocycles. The molecule has 1 atom stereocenters. The van der Waals surface area contributed by atoms with E-state index in [1.807, 2.05) is 30.3 Å². The van der Waals surface area contributed by atoms with Gasteiger partial charge in [0.1, 0.15) is 5.01 Å². The lowest BCUT2D eigenvalue weighted by atomic mass is 10.0. The van der Waals surface area contributed by atoms with Crippen molar-refractivity contribution in [2.24, 2.45) is 0 Å². The number of nitrogens with one attached hydrogen (secondary N) is 2. The standard InChI is InChI=1S/C16H22N4O2S/c1-2-7-14-19-20-16(23-14)18-15(22)17-13(10-6-11-21)12-8-4-3-5-9-12/h3-5,8-9,13,21H,2,6-7,10-11H2,1H3,(H2,17,18,20,22). The Balaban J connectivity index is 1.96. The Kier molecular flexibility index (Phi) is 6.96. The van der Waals surface area contributed by atoms with Gasteiger partial charge in [0.2, 0.25) is 5.13 Å². The monoisotopic (exact) mass is 334 g/mol. The van der Waals surface area contributed by atoms with E-state index in [0.717, 1.165) is 23.4 Å². The Labute approximate surface area is 140 Å². The third-order valence-corrected chi connectivity index (χ3v) is 4.21. The molecule has 1 heterocycles. The second-order valence-electron chi connectivity index (χ2n) is 5.18. The molecule has 0 bridgehead atoms. The number of rotatable bonds is 8. The van der Waals surface area contributed by atoms with Gasteiger partial charge in [0.25, 0.3) is 0 Å². The molecule has 2 aromatic rings. The predicted molar refractivity (Wildman–Crippen MR) is 91.6 cm³/mol. The zero-order chi connectivity index (χ0) is 16.5. The average molecular weight is 334 g/mol. The van der Waals surface area contributed by atoms with Crippen molar-refractivity contribution < 1.29 is 9.90 Å². The van der Waals surface area contributed by atoms with Crippen LogP contribution in [0.3, 0.4) is 0 Å². The van der Waals surface area contributed by atoms with Crippen molar-refractivity contribution in [1.82, 2.24) is 15.5 Å². The number of aromatic nitrogens is 2. The van der Waals surface area contributed by atoms with Crippen LogP contribution < -0.4 is 10.6 Å². The summed E-state index contributed by atoms with van der Waals surface area (Å²) in [5.41, 5.74) is 1.01. The summed E-state index contributed by atoms with van der Waals surface area (Å²) < 4.78 is 0. The van der Waals surface area contributed by atoms with Crippen molar-refractivity contribution in [3.05, 3.63) is 40.9 Å². The number of carbonyl (C=O) groups is 1. The van der Waals surface area contributed by atoms with E-state index in [1.54, 1.807) is 0 Å². The number of aliphatic hydroxyl groups is 1. The van der Waals surface area contributed by atoms with E-state index in [1.165, 1.54) is 11.3 Å². The second-order valence-corrected chi connectivity index (χ2v) is 6.24. The summed E-state index contributed by atoms with van der Waals surface area (Å²) in [5.74, 6) is 0. The highest BCUT2D eigenvalue weighted by molar-refractivity contribution is 7.15. The maximum atomic E-state index is 12.2. The van der Waals surface area contributed by atoms with Crippen LogP contribution >= 0.6 is 11.3 Å². The second kappa shape index (κ2) is 9.22. The number of anilines is 1. The number of hydrogen-bond donors (Lipinski definition) is 3. The van der Waals surface area contributed by atoms with Crippen LogP contribution in [0.5, 0.6) is 0 Å². The molecule has 2 amide bonds. The summed E-state index contributed by atoms with van der Waals surface area (Å²) in [6.07, 6.45) is 3.16. The highest BCUT2D eigenvalue weighted by Gasteiger charge is 2.15. The first-order valence-electron chi connectivity index (χ1n) is 7.78. The van der Waals surface area contributed by atoms with Crippen LogP contribution in [0.15, 0.2) is 30.3 Å². The van der Waals surface area contributed by atoms with Gasteiger partial charge in [-0.05, 0) is 24.8 Å². The summed E-state index contributed by atoms with van der Waals surface area (Å²) in [7, 11) is 0. The van der Waals surface area contributed by atoms with E-state index in [9.17, 15) is 4.79 Å². The van der Waals surface area contributed by atoms with Crippen molar-refractivity contribution in [2.45, 2.75) is 38.6 Å². The van der Waals surface area contributed by atoms with Gasteiger partial charge in [0.15, 0.2) is 0 Å². The molecule has 0 aliphatic heterocycles. The molecule has 0 saturated heterocycles. The normalized spacial score (nSPS) is 11.9. The van der Waals surface area contributed by atoms with E-state index in [2.05, 4.69) is 27.8 Å². The summed E-state index contributed by atoms with van der Waals surface area (Å²) in [6.45, 7) is 2.18. The number of nitrogens with zero attached hydrogens (tertiary/aromatic N) is 2. The van der Waals surface area contributed by atoms with Crippen LogP contribution in [-0.2, 0) is 6.42 Å². The molecule has 1 aromatic carbocycles. The van der Waals surface area contributed by atoms with Crippen LogP contribution in [0.1, 0.15) is 42.8 Å². The van der Waals surface area contributed by atoms with Gasteiger partial charge in [-0.3, -0.25) is 5.32 Å². The largest absolute Gasteiger partial charge is 0.396 e. The van der Waals surface area contributed by atoms with Gasteiger partial charge in [-0.25, -0.2) is 4.79 Å². The van der Waals surface area contributed by atoms with Gasteiger partial charge in [-0.1, -0.05) is 48.6 Å². The molecular formula is C16H22N4O2S. The Morgan fingerprint density at radius 2 is 2.09 bits per heavy atom. The third kappa shape index (κ3) is 5.61. The van der Waals surface area contributed by atoms with Crippen molar-refractivity contribution in [1.29, 1.82) is 0 Å². The van der Waals surface area contributed by atoms with E-state index in [-0.39, 0.29) is 18.7 Å². The SMILES string of the molecule is CCCc1nnc(NC(=O)NC(CCCO)c2ccccc2)s1. The Morgan fingerprint density at radius 1 is 1.30 bits per heavy atom. The molecule has 2 rings (SSSR count). The fourth-order valence-electron chi connectivity index (χ4n) is 2.21. The number of hydrogen-bond acceptors (Lipinski definition) is 5. The smallest absolute Gasteiger partial charge is 0.321 e. The lowest BCUT2D eigenvalue weighted by Gasteiger charge is -2.18. The van der Waals surface area contributed by atoms with Gasteiger partial charge in [0, 0.05) is 13.0 Å². The molecule has 0 aliphatic rings. The molecule has 0 fully saturated rings. The van der Waals surface area contributed by atoms with Gasteiger partial charge in [-0.2, -0.15) is 0 Å². The zero-order valence-corrected chi connectivity index (χ0v) is 14.0. The number of carbonyl (C=O) groups excluding carboxylic acids is 1. The minimum atomic E-state index is -0.309. The summed E-state index contributed by atoms with van der Waals surface area (Å²) in [5, 5.41) is 24.1. The molecule has 1 aromatic heterocycles. The number of benzene rings is 1. The van der Waals surface area contributed by atoms with Crippen LogP contribution in [-0.4, -0.2) is 27.9 Å². The van der Waals surface area contributed by atoms with Gasteiger partial charge in [0.05, 0.1) is 6.04 Å². The highest BCUT2D eigenvalue weighted by Crippen LogP contribution is 2.20. The fourth-order valence-corrected chi connectivity index (χ4v) is 3.05. The number of amides is 2. The maximum Gasteiger partial charge on any atom is 0.321 e. The predicted octanol–water partition coefficient (Wildman–Crippen LogP) is 3.13. The number of aliphatic hydroxyl groups excluding tert-OH is 1. The van der Waals surface area contributed by atoms with Crippen molar-refractivity contribution >= 4 is 22.5 Å². The quantitative estimate of drug-likeness (QED) is 0.692. The lowest BCUT2D eigenvalue weighted by Crippen LogP contribution is -2.32. The van der Waals surface area contributed by atoms with Crippen LogP contribution in [0.4, 0.5) is 9.93 Å². The molecular weight excluding hydrogens is 312 g/mol. The average Bonchev–Trinajstić information content (AvgIpc) is 2.99. The molecule has 6 nitrogen and oxygen atoms in total. The van der Waals surface area contributed by atoms with Crippen LogP contribution in [0, 0.1) is 0 Å². The van der Waals surface area contributed by atoms with Crippen molar-refractivity contribution in [3.8, 4) is 0 Å². The lowest BCUT2D eigenvalue weighted by molar-refractivity contribution is 0.243. The minimum Gasteiger partial charge on any atom is -0.396 e. The number of aryl methyl sites for hydroxylation is 1. The van der Waals surface area contributed by atoms with Gasteiger partial charge < -0.3 is 10.4 Å². The van der Waals surface area contributed by atoms with E-state index < -0.39 is 0 Å². The number of urea groups is 1. The maximum absolute atomic E-state index is 12.2. The third-order valence-electron chi connectivity index (χ3n) is 3.31. The summed E-state index contributed by atoms with van der Waals surface area (Å²) >= 11 is 1.39. The Morgan fingerprint density at radius 3 is 2.78 bits per heavy atom. The zero-order valence-electron chi connectivity index (χ0n) is 13.2. The van der Waals surface area contributed by atoms with Crippen LogP contribution in [0.25, 0.3) is 0 Å². The molecule has 0 spiro atoms.